The van der Waals surface area contributed by atoms with Gasteiger partial charge in [-0.05, 0) is 38.0 Å². The average molecular weight is 356 g/mol. The van der Waals surface area contributed by atoms with Crippen LogP contribution in [-0.4, -0.2) is 37.7 Å². The summed E-state index contributed by atoms with van der Waals surface area (Å²) in [6, 6.07) is 11.9. The molecule has 0 spiro atoms. The SMILES string of the molecule is CCNC(=NCc1cccnc1OCC)NCCc1ccccc1OC. The first kappa shape index (κ1) is 19.6. The molecule has 0 saturated carbocycles. The smallest absolute Gasteiger partial charge is 0.218 e. The molecule has 26 heavy (non-hydrogen) atoms. The molecule has 0 aliphatic carbocycles. The van der Waals surface area contributed by atoms with Gasteiger partial charge in [0.2, 0.25) is 5.88 Å². The van der Waals surface area contributed by atoms with Crippen LogP contribution in [0.5, 0.6) is 11.6 Å². The first-order valence-corrected chi connectivity index (χ1v) is 8.99. The van der Waals surface area contributed by atoms with Crippen LogP contribution in [0.15, 0.2) is 47.6 Å². The van der Waals surface area contributed by atoms with E-state index in [1.54, 1.807) is 13.3 Å². The maximum atomic E-state index is 5.56. The molecule has 0 radical (unpaired) electrons. The molecule has 2 aromatic rings. The van der Waals surface area contributed by atoms with E-state index in [4.69, 9.17) is 9.47 Å². The summed E-state index contributed by atoms with van der Waals surface area (Å²) >= 11 is 0. The number of nitrogens with one attached hydrogen (secondary N) is 2. The second-order valence-corrected chi connectivity index (χ2v) is 5.58. The van der Waals surface area contributed by atoms with Crippen molar-refractivity contribution in [3.05, 3.63) is 53.7 Å². The van der Waals surface area contributed by atoms with Gasteiger partial charge in [0.25, 0.3) is 0 Å². The summed E-state index contributed by atoms with van der Waals surface area (Å²) in [5.41, 5.74) is 2.14. The Morgan fingerprint density at radius 1 is 1.08 bits per heavy atom. The number of pyridine rings is 1. The van der Waals surface area contributed by atoms with Crippen LogP contribution in [0.2, 0.25) is 0 Å². The van der Waals surface area contributed by atoms with Gasteiger partial charge in [-0.3, -0.25) is 0 Å². The van der Waals surface area contributed by atoms with Gasteiger partial charge in [-0.2, -0.15) is 0 Å². The molecular weight excluding hydrogens is 328 g/mol. The molecule has 2 N–H and O–H groups in total. The number of hydrogen-bond donors (Lipinski definition) is 2. The standard InChI is InChI=1S/C20H28N4O2/c1-4-21-20(23-14-12-16-9-6-7-11-18(16)25-3)24-15-17-10-8-13-22-19(17)26-5-2/h6-11,13H,4-5,12,14-15H2,1-3H3,(H2,21,23,24). The summed E-state index contributed by atoms with van der Waals surface area (Å²) in [4.78, 5) is 8.91. The molecule has 1 aromatic carbocycles. The molecule has 0 saturated heterocycles. The third kappa shape index (κ3) is 5.95. The normalized spacial score (nSPS) is 11.1. The molecule has 0 amide bonds. The van der Waals surface area contributed by atoms with Crippen molar-refractivity contribution >= 4 is 5.96 Å². The van der Waals surface area contributed by atoms with Gasteiger partial charge in [-0.15, -0.1) is 0 Å². The van der Waals surface area contributed by atoms with Gasteiger partial charge < -0.3 is 20.1 Å². The third-order valence-corrected chi connectivity index (χ3v) is 3.76. The van der Waals surface area contributed by atoms with E-state index >= 15 is 0 Å². The van der Waals surface area contributed by atoms with Gasteiger partial charge in [0.1, 0.15) is 5.75 Å². The van der Waals surface area contributed by atoms with Crippen molar-refractivity contribution in [1.82, 2.24) is 15.6 Å². The number of para-hydroxylation sites is 1. The van der Waals surface area contributed by atoms with Crippen LogP contribution in [0.3, 0.4) is 0 Å². The lowest BCUT2D eigenvalue weighted by Crippen LogP contribution is -2.38. The Hall–Kier alpha value is -2.76. The van der Waals surface area contributed by atoms with Gasteiger partial charge in [-0.25, -0.2) is 9.98 Å². The van der Waals surface area contributed by atoms with Crippen LogP contribution in [0.25, 0.3) is 0 Å². The zero-order chi connectivity index (χ0) is 18.6. The number of nitrogens with zero attached hydrogens (tertiary/aromatic N) is 2. The van der Waals surface area contributed by atoms with Crippen LogP contribution in [-0.2, 0) is 13.0 Å². The molecule has 1 aromatic heterocycles. The average Bonchev–Trinajstić information content (AvgIpc) is 2.67. The third-order valence-electron chi connectivity index (χ3n) is 3.76. The van der Waals surface area contributed by atoms with Crippen molar-refractivity contribution < 1.29 is 9.47 Å². The lowest BCUT2D eigenvalue weighted by Gasteiger charge is -2.13. The molecule has 140 valence electrons. The minimum absolute atomic E-state index is 0.507. The lowest BCUT2D eigenvalue weighted by molar-refractivity contribution is 0.323. The number of guanidine groups is 1. The lowest BCUT2D eigenvalue weighted by atomic mass is 10.1. The number of rotatable bonds is 9. The highest BCUT2D eigenvalue weighted by molar-refractivity contribution is 5.79. The Bertz CT molecular complexity index is 704. The molecule has 0 fully saturated rings. The number of methoxy groups -OCH3 is 1. The van der Waals surface area contributed by atoms with Crippen LogP contribution >= 0.6 is 0 Å². The molecule has 0 bridgehead atoms. The van der Waals surface area contributed by atoms with E-state index in [2.05, 4.69) is 26.7 Å². The maximum absolute atomic E-state index is 5.56. The Labute approximate surface area is 155 Å². The molecule has 6 nitrogen and oxygen atoms in total. The number of aliphatic imine (C=N–C) groups is 1. The van der Waals surface area contributed by atoms with Gasteiger partial charge >= 0.3 is 0 Å². The molecular formula is C20H28N4O2. The molecule has 0 atom stereocenters. The Balaban J connectivity index is 1.96. The van der Waals surface area contributed by atoms with E-state index in [1.807, 2.05) is 44.2 Å². The van der Waals surface area contributed by atoms with Crippen LogP contribution in [0.4, 0.5) is 0 Å². The first-order chi connectivity index (χ1) is 12.8. The van der Waals surface area contributed by atoms with E-state index in [0.717, 1.165) is 36.8 Å². The second kappa shape index (κ2) is 11.0. The van der Waals surface area contributed by atoms with Crippen molar-refractivity contribution in [2.45, 2.75) is 26.8 Å². The largest absolute Gasteiger partial charge is 0.496 e. The van der Waals surface area contributed by atoms with Crippen molar-refractivity contribution in [1.29, 1.82) is 0 Å². The predicted molar refractivity (Wildman–Crippen MR) is 105 cm³/mol. The minimum atomic E-state index is 0.507. The summed E-state index contributed by atoms with van der Waals surface area (Å²) in [5.74, 6) is 2.32. The Kier molecular flexibility index (Phi) is 8.26. The molecule has 6 heteroatoms. The highest BCUT2D eigenvalue weighted by Gasteiger charge is 2.05. The molecule has 0 aliphatic heterocycles. The Morgan fingerprint density at radius 3 is 2.65 bits per heavy atom. The van der Waals surface area contributed by atoms with E-state index in [9.17, 15) is 0 Å². The summed E-state index contributed by atoms with van der Waals surface area (Å²) in [7, 11) is 1.70. The van der Waals surface area contributed by atoms with E-state index in [-0.39, 0.29) is 0 Å². The van der Waals surface area contributed by atoms with Crippen molar-refractivity contribution in [3.8, 4) is 11.6 Å². The topological polar surface area (TPSA) is 67.8 Å². The molecule has 0 aliphatic rings. The summed E-state index contributed by atoms with van der Waals surface area (Å²) < 4.78 is 11.0. The highest BCUT2D eigenvalue weighted by atomic mass is 16.5. The quantitative estimate of drug-likeness (QED) is 0.534. The van der Waals surface area contributed by atoms with Crippen LogP contribution in [0, 0.1) is 0 Å². The zero-order valence-corrected chi connectivity index (χ0v) is 15.8. The summed E-state index contributed by atoms with van der Waals surface area (Å²) in [6.07, 6.45) is 2.58. The van der Waals surface area contributed by atoms with Crippen molar-refractivity contribution in [2.75, 3.05) is 26.8 Å². The maximum Gasteiger partial charge on any atom is 0.218 e. The molecule has 2 rings (SSSR count). The van der Waals surface area contributed by atoms with E-state index < -0.39 is 0 Å². The number of ether oxygens (including phenoxy) is 2. The second-order valence-electron chi connectivity index (χ2n) is 5.58. The van der Waals surface area contributed by atoms with Crippen molar-refractivity contribution in [2.24, 2.45) is 4.99 Å². The van der Waals surface area contributed by atoms with Gasteiger partial charge in [-0.1, -0.05) is 24.3 Å². The predicted octanol–water partition coefficient (Wildman–Crippen LogP) is 2.79. The van der Waals surface area contributed by atoms with E-state index in [1.165, 1.54) is 5.56 Å². The fourth-order valence-electron chi connectivity index (χ4n) is 2.54. The fourth-order valence-corrected chi connectivity index (χ4v) is 2.54. The first-order valence-electron chi connectivity index (χ1n) is 8.99. The summed E-state index contributed by atoms with van der Waals surface area (Å²) in [5, 5.41) is 6.63. The van der Waals surface area contributed by atoms with Crippen LogP contribution < -0.4 is 20.1 Å². The monoisotopic (exact) mass is 356 g/mol. The van der Waals surface area contributed by atoms with E-state index in [0.29, 0.717) is 19.0 Å². The molecule has 0 unspecified atom stereocenters. The number of benzene rings is 1. The van der Waals surface area contributed by atoms with Gasteiger partial charge in [0.15, 0.2) is 5.96 Å². The van der Waals surface area contributed by atoms with Crippen LogP contribution in [0.1, 0.15) is 25.0 Å². The number of aromatic nitrogens is 1. The highest BCUT2D eigenvalue weighted by Crippen LogP contribution is 2.17. The fraction of sp³-hybridized carbons (Fsp3) is 0.400. The summed E-state index contributed by atoms with van der Waals surface area (Å²) in [6.45, 7) is 6.65. The molecule has 1 heterocycles. The van der Waals surface area contributed by atoms with Gasteiger partial charge in [0, 0.05) is 24.8 Å². The van der Waals surface area contributed by atoms with Crippen molar-refractivity contribution in [3.63, 3.8) is 0 Å². The Morgan fingerprint density at radius 2 is 1.88 bits per heavy atom. The zero-order valence-electron chi connectivity index (χ0n) is 15.8. The minimum Gasteiger partial charge on any atom is -0.496 e. The van der Waals surface area contributed by atoms with Gasteiger partial charge in [0.05, 0.1) is 20.3 Å². The number of hydrogen-bond acceptors (Lipinski definition) is 4.